The van der Waals surface area contributed by atoms with Crippen molar-refractivity contribution in [3.05, 3.63) is 102 Å². The molecule has 2 nitrogen and oxygen atoms in total. The molecule has 3 heteroatoms. The maximum absolute atomic E-state index is 4.78. The van der Waals surface area contributed by atoms with Gasteiger partial charge in [-0.15, -0.1) is 0 Å². The van der Waals surface area contributed by atoms with E-state index in [2.05, 4.69) is 34.6 Å². The predicted molar refractivity (Wildman–Crippen MR) is 114 cm³/mol. The Morgan fingerprint density at radius 2 is 1.65 bits per heavy atom. The van der Waals surface area contributed by atoms with Crippen LogP contribution in [0, 0.1) is 0 Å². The molecule has 0 aliphatic carbocycles. The van der Waals surface area contributed by atoms with Crippen LogP contribution in [-0.4, -0.2) is 9.97 Å². The highest BCUT2D eigenvalue weighted by molar-refractivity contribution is 9.10. The van der Waals surface area contributed by atoms with Crippen molar-refractivity contribution in [1.29, 1.82) is 0 Å². The summed E-state index contributed by atoms with van der Waals surface area (Å²) in [5.74, 6) is 0.689. The number of benzene rings is 2. The SMILES string of the molecule is C=C(/C=C\C=C/C)c1cc(-c2ccccc2)nc(-c2ccc(Br)cc2)n1. The Kier molecular flexibility index (Phi) is 5.92. The zero-order valence-electron chi connectivity index (χ0n) is 14.6. The second-order valence-corrected chi connectivity index (χ2v) is 6.66. The highest BCUT2D eigenvalue weighted by Crippen LogP contribution is 2.26. The summed E-state index contributed by atoms with van der Waals surface area (Å²) in [7, 11) is 0. The number of allylic oxidation sites excluding steroid dienone is 5. The van der Waals surface area contributed by atoms with Crippen LogP contribution in [0.4, 0.5) is 0 Å². The van der Waals surface area contributed by atoms with Gasteiger partial charge < -0.3 is 0 Å². The molecule has 2 aromatic carbocycles. The van der Waals surface area contributed by atoms with Gasteiger partial charge in [0.05, 0.1) is 11.4 Å². The van der Waals surface area contributed by atoms with Crippen molar-refractivity contribution in [2.75, 3.05) is 0 Å². The third-order valence-corrected chi connectivity index (χ3v) is 4.36. The number of nitrogens with zero attached hydrogens (tertiary/aromatic N) is 2. The van der Waals surface area contributed by atoms with E-state index < -0.39 is 0 Å². The lowest BCUT2D eigenvalue weighted by Crippen LogP contribution is -1.97. The molecule has 0 spiro atoms. The Balaban J connectivity index is 2.10. The molecule has 26 heavy (non-hydrogen) atoms. The molecule has 0 amide bonds. The Hall–Kier alpha value is -2.78. The van der Waals surface area contributed by atoms with Crippen LogP contribution >= 0.6 is 15.9 Å². The third kappa shape index (κ3) is 4.44. The van der Waals surface area contributed by atoms with Gasteiger partial charge in [0.2, 0.25) is 0 Å². The van der Waals surface area contributed by atoms with E-state index in [0.717, 1.165) is 32.6 Å². The van der Waals surface area contributed by atoms with Crippen molar-refractivity contribution in [3.8, 4) is 22.6 Å². The Morgan fingerprint density at radius 1 is 0.923 bits per heavy atom. The van der Waals surface area contributed by atoms with E-state index in [4.69, 9.17) is 9.97 Å². The fourth-order valence-electron chi connectivity index (χ4n) is 2.46. The molecule has 0 saturated carbocycles. The Morgan fingerprint density at radius 3 is 2.35 bits per heavy atom. The van der Waals surface area contributed by atoms with Gasteiger partial charge in [-0.2, -0.15) is 0 Å². The maximum Gasteiger partial charge on any atom is 0.160 e. The molecule has 1 heterocycles. The monoisotopic (exact) mass is 402 g/mol. The van der Waals surface area contributed by atoms with Gasteiger partial charge in [-0.3, -0.25) is 0 Å². The standard InChI is InChI=1S/C23H19BrN2/c1-3-4-6-9-17(2)21-16-22(18-10-7-5-8-11-18)26-23(25-21)19-12-14-20(24)15-13-19/h3-16H,2H2,1H3/b4-3-,9-6-. The zero-order valence-corrected chi connectivity index (χ0v) is 16.1. The molecule has 1 aromatic heterocycles. The van der Waals surface area contributed by atoms with Crippen molar-refractivity contribution in [3.63, 3.8) is 0 Å². The molecule has 0 aliphatic heterocycles. The number of halogens is 1. The highest BCUT2D eigenvalue weighted by atomic mass is 79.9. The Bertz CT molecular complexity index is 955. The van der Waals surface area contributed by atoms with Gasteiger partial charge in [-0.05, 0) is 30.7 Å². The number of hydrogen-bond acceptors (Lipinski definition) is 2. The molecular formula is C23H19BrN2. The van der Waals surface area contributed by atoms with Gasteiger partial charge >= 0.3 is 0 Å². The van der Waals surface area contributed by atoms with Crippen molar-refractivity contribution in [2.45, 2.75) is 6.92 Å². The summed E-state index contributed by atoms with van der Waals surface area (Å²) in [5, 5.41) is 0. The summed E-state index contributed by atoms with van der Waals surface area (Å²) < 4.78 is 1.03. The van der Waals surface area contributed by atoms with Gasteiger partial charge in [-0.25, -0.2) is 9.97 Å². The van der Waals surface area contributed by atoms with Crippen molar-refractivity contribution in [1.82, 2.24) is 9.97 Å². The van der Waals surface area contributed by atoms with Crippen LogP contribution in [0.25, 0.3) is 28.2 Å². The van der Waals surface area contributed by atoms with Crippen LogP contribution in [0.3, 0.4) is 0 Å². The minimum Gasteiger partial charge on any atom is -0.228 e. The van der Waals surface area contributed by atoms with Gasteiger partial charge in [0, 0.05) is 15.6 Å². The van der Waals surface area contributed by atoms with Crippen molar-refractivity contribution < 1.29 is 0 Å². The third-order valence-electron chi connectivity index (χ3n) is 3.83. The molecule has 0 unspecified atom stereocenters. The quantitative estimate of drug-likeness (QED) is 0.442. The number of aromatic nitrogens is 2. The first-order valence-corrected chi connectivity index (χ1v) is 9.16. The van der Waals surface area contributed by atoms with Crippen LogP contribution in [0.15, 0.2) is 96.0 Å². The lowest BCUT2D eigenvalue weighted by atomic mass is 10.1. The minimum absolute atomic E-state index is 0.689. The summed E-state index contributed by atoms with van der Waals surface area (Å²) in [4.78, 5) is 9.51. The van der Waals surface area contributed by atoms with Crippen LogP contribution in [0.1, 0.15) is 12.6 Å². The molecular weight excluding hydrogens is 384 g/mol. The van der Waals surface area contributed by atoms with E-state index >= 15 is 0 Å². The average molecular weight is 403 g/mol. The van der Waals surface area contributed by atoms with Gasteiger partial charge in [0.25, 0.3) is 0 Å². The first-order chi connectivity index (χ1) is 12.7. The molecule has 0 radical (unpaired) electrons. The molecule has 0 N–H and O–H groups in total. The second-order valence-electron chi connectivity index (χ2n) is 5.75. The van der Waals surface area contributed by atoms with Crippen LogP contribution in [0.2, 0.25) is 0 Å². The fourth-order valence-corrected chi connectivity index (χ4v) is 2.73. The molecule has 0 aliphatic rings. The summed E-state index contributed by atoms with van der Waals surface area (Å²) >= 11 is 3.47. The largest absolute Gasteiger partial charge is 0.228 e. The summed E-state index contributed by atoms with van der Waals surface area (Å²) in [6, 6.07) is 20.1. The summed E-state index contributed by atoms with van der Waals surface area (Å²) in [5.41, 5.74) is 4.57. The molecule has 0 atom stereocenters. The molecule has 0 bridgehead atoms. The molecule has 0 fully saturated rings. The topological polar surface area (TPSA) is 25.8 Å². The minimum atomic E-state index is 0.689. The van der Waals surface area contributed by atoms with E-state index in [9.17, 15) is 0 Å². The zero-order chi connectivity index (χ0) is 18.4. The normalized spacial score (nSPS) is 11.3. The maximum atomic E-state index is 4.78. The van der Waals surface area contributed by atoms with Crippen LogP contribution in [-0.2, 0) is 0 Å². The predicted octanol–water partition coefficient (Wildman–Crippen LogP) is 6.72. The van der Waals surface area contributed by atoms with Crippen LogP contribution < -0.4 is 0 Å². The van der Waals surface area contributed by atoms with Crippen molar-refractivity contribution >= 4 is 21.5 Å². The lowest BCUT2D eigenvalue weighted by molar-refractivity contribution is 1.16. The van der Waals surface area contributed by atoms with Crippen LogP contribution in [0.5, 0.6) is 0 Å². The van der Waals surface area contributed by atoms with Gasteiger partial charge in [0.1, 0.15) is 0 Å². The molecule has 128 valence electrons. The van der Waals surface area contributed by atoms with E-state index in [-0.39, 0.29) is 0 Å². The fraction of sp³-hybridized carbons (Fsp3) is 0.0435. The first-order valence-electron chi connectivity index (χ1n) is 8.36. The number of hydrogen-bond donors (Lipinski definition) is 0. The number of rotatable bonds is 5. The summed E-state index contributed by atoms with van der Waals surface area (Å²) in [6.07, 6.45) is 7.88. The van der Waals surface area contributed by atoms with E-state index in [1.54, 1.807) is 0 Å². The van der Waals surface area contributed by atoms with E-state index in [1.807, 2.05) is 79.8 Å². The van der Waals surface area contributed by atoms with Crippen molar-refractivity contribution in [2.24, 2.45) is 0 Å². The average Bonchev–Trinajstić information content (AvgIpc) is 2.69. The molecule has 0 saturated heterocycles. The first kappa shape index (κ1) is 18.0. The van der Waals surface area contributed by atoms with E-state index in [0.29, 0.717) is 5.82 Å². The lowest BCUT2D eigenvalue weighted by Gasteiger charge is -2.09. The van der Waals surface area contributed by atoms with Gasteiger partial charge in [-0.1, -0.05) is 89.3 Å². The second kappa shape index (κ2) is 8.54. The highest BCUT2D eigenvalue weighted by Gasteiger charge is 2.10. The molecule has 3 aromatic rings. The molecule has 3 rings (SSSR count). The van der Waals surface area contributed by atoms with Gasteiger partial charge in [0.15, 0.2) is 5.82 Å². The van der Waals surface area contributed by atoms with E-state index in [1.165, 1.54) is 0 Å². The summed E-state index contributed by atoms with van der Waals surface area (Å²) in [6.45, 7) is 6.15. The Labute approximate surface area is 162 Å². The smallest absolute Gasteiger partial charge is 0.160 e.